The molecule has 148 valence electrons. The molecule has 0 spiro atoms. The van der Waals surface area contributed by atoms with E-state index in [0.29, 0.717) is 37.5 Å². The van der Waals surface area contributed by atoms with Gasteiger partial charge in [0.05, 0.1) is 34.3 Å². The van der Waals surface area contributed by atoms with Gasteiger partial charge < -0.3 is 14.8 Å². The highest BCUT2D eigenvalue weighted by molar-refractivity contribution is 6.33. The van der Waals surface area contributed by atoms with Crippen LogP contribution in [0.15, 0.2) is 42.5 Å². The Morgan fingerprint density at radius 1 is 1.18 bits per heavy atom. The third kappa shape index (κ3) is 5.95. The van der Waals surface area contributed by atoms with E-state index < -0.39 is 16.8 Å². The zero-order valence-corrected chi connectivity index (χ0v) is 15.9. The SMILES string of the molecule is CCOC(=O)c1ccc(OCCCNC(=O)c2cc([N+](=O)[O-])ccc2Cl)cc1. The van der Waals surface area contributed by atoms with Crippen LogP contribution in [-0.2, 0) is 4.74 Å². The lowest BCUT2D eigenvalue weighted by atomic mass is 10.2. The molecule has 28 heavy (non-hydrogen) atoms. The molecule has 0 aliphatic carbocycles. The van der Waals surface area contributed by atoms with Crippen LogP contribution in [0.4, 0.5) is 5.69 Å². The molecule has 0 radical (unpaired) electrons. The van der Waals surface area contributed by atoms with Crippen LogP contribution >= 0.6 is 11.6 Å². The van der Waals surface area contributed by atoms with E-state index >= 15 is 0 Å². The van der Waals surface area contributed by atoms with Crippen molar-refractivity contribution in [3.8, 4) is 5.75 Å². The zero-order valence-electron chi connectivity index (χ0n) is 15.1. The van der Waals surface area contributed by atoms with Gasteiger partial charge in [0.25, 0.3) is 11.6 Å². The molecule has 0 fully saturated rings. The molecule has 0 aromatic heterocycles. The van der Waals surface area contributed by atoms with Gasteiger partial charge in [-0.05, 0) is 43.7 Å². The Hall–Kier alpha value is -3.13. The molecule has 1 amide bonds. The van der Waals surface area contributed by atoms with Gasteiger partial charge in [-0.2, -0.15) is 0 Å². The number of rotatable bonds is 9. The van der Waals surface area contributed by atoms with Gasteiger partial charge >= 0.3 is 5.97 Å². The van der Waals surface area contributed by atoms with Crippen molar-refractivity contribution >= 4 is 29.2 Å². The number of hydrogen-bond donors (Lipinski definition) is 1. The highest BCUT2D eigenvalue weighted by Gasteiger charge is 2.15. The monoisotopic (exact) mass is 406 g/mol. The molecular weight excluding hydrogens is 388 g/mol. The van der Waals surface area contributed by atoms with E-state index in [9.17, 15) is 19.7 Å². The fourth-order valence-electron chi connectivity index (χ4n) is 2.26. The fourth-order valence-corrected chi connectivity index (χ4v) is 2.47. The minimum absolute atomic E-state index is 0.0475. The first kappa shape index (κ1) is 21.2. The molecule has 2 aromatic rings. The lowest BCUT2D eigenvalue weighted by molar-refractivity contribution is -0.384. The van der Waals surface area contributed by atoms with Crippen LogP contribution < -0.4 is 10.1 Å². The van der Waals surface area contributed by atoms with Crippen LogP contribution in [-0.4, -0.2) is 36.6 Å². The summed E-state index contributed by atoms with van der Waals surface area (Å²) in [7, 11) is 0. The maximum Gasteiger partial charge on any atom is 0.338 e. The molecule has 0 aliphatic rings. The third-order valence-electron chi connectivity index (χ3n) is 3.65. The van der Waals surface area contributed by atoms with Gasteiger partial charge in [-0.15, -0.1) is 0 Å². The second-order valence-electron chi connectivity index (χ2n) is 5.62. The Morgan fingerprint density at radius 3 is 2.54 bits per heavy atom. The van der Waals surface area contributed by atoms with Gasteiger partial charge in [0.2, 0.25) is 0 Å². The predicted octanol–water partition coefficient (Wildman–Crippen LogP) is 3.62. The molecule has 0 aliphatic heterocycles. The largest absolute Gasteiger partial charge is 0.494 e. The maximum atomic E-state index is 12.1. The van der Waals surface area contributed by atoms with Gasteiger partial charge in [-0.1, -0.05) is 11.6 Å². The minimum atomic E-state index is -0.589. The van der Waals surface area contributed by atoms with Crippen LogP contribution in [0.5, 0.6) is 5.75 Å². The van der Waals surface area contributed by atoms with Gasteiger partial charge in [0.15, 0.2) is 0 Å². The first-order chi connectivity index (χ1) is 13.4. The number of nitrogens with zero attached hydrogens (tertiary/aromatic N) is 1. The van der Waals surface area contributed by atoms with Crippen molar-refractivity contribution in [2.45, 2.75) is 13.3 Å². The van der Waals surface area contributed by atoms with Crippen molar-refractivity contribution in [2.24, 2.45) is 0 Å². The number of esters is 1. The number of non-ortho nitro benzene ring substituents is 1. The van der Waals surface area contributed by atoms with Crippen LogP contribution in [0.3, 0.4) is 0 Å². The maximum absolute atomic E-state index is 12.1. The highest BCUT2D eigenvalue weighted by atomic mass is 35.5. The molecule has 9 heteroatoms. The van der Waals surface area contributed by atoms with E-state index in [1.54, 1.807) is 31.2 Å². The third-order valence-corrected chi connectivity index (χ3v) is 3.98. The second-order valence-corrected chi connectivity index (χ2v) is 6.03. The fraction of sp³-hybridized carbons (Fsp3) is 0.263. The number of nitro benzene ring substituents is 1. The van der Waals surface area contributed by atoms with Gasteiger partial charge in [-0.3, -0.25) is 14.9 Å². The quantitative estimate of drug-likeness (QED) is 0.295. The first-order valence-electron chi connectivity index (χ1n) is 8.54. The van der Waals surface area contributed by atoms with Crippen molar-refractivity contribution < 1.29 is 24.0 Å². The van der Waals surface area contributed by atoms with Crippen LogP contribution in [0.1, 0.15) is 34.1 Å². The lowest BCUT2D eigenvalue weighted by Gasteiger charge is -2.09. The Kier molecular flexibility index (Phi) is 7.76. The van der Waals surface area contributed by atoms with Crippen molar-refractivity contribution in [3.05, 3.63) is 68.7 Å². The van der Waals surface area contributed by atoms with E-state index in [4.69, 9.17) is 21.1 Å². The van der Waals surface area contributed by atoms with Gasteiger partial charge in [0.1, 0.15) is 5.75 Å². The molecule has 0 heterocycles. The van der Waals surface area contributed by atoms with Gasteiger partial charge in [0, 0.05) is 18.7 Å². The van der Waals surface area contributed by atoms with Crippen molar-refractivity contribution in [1.29, 1.82) is 0 Å². The van der Waals surface area contributed by atoms with Crippen molar-refractivity contribution in [2.75, 3.05) is 19.8 Å². The minimum Gasteiger partial charge on any atom is -0.494 e. The van der Waals surface area contributed by atoms with E-state index in [-0.39, 0.29) is 16.3 Å². The summed E-state index contributed by atoms with van der Waals surface area (Å²) in [6.45, 7) is 2.69. The molecule has 2 rings (SSSR count). The average molecular weight is 407 g/mol. The molecule has 0 bridgehead atoms. The summed E-state index contributed by atoms with van der Waals surface area (Å²) in [4.78, 5) is 33.9. The number of nitro groups is 1. The molecule has 0 saturated heterocycles. The molecule has 2 aromatic carbocycles. The Balaban J connectivity index is 1.77. The number of carbonyl (C=O) groups excluding carboxylic acids is 2. The van der Waals surface area contributed by atoms with E-state index in [2.05, 4.69) is 5.32 Å². The first-order valence-corrected chi connectivity index (χ1v) is 8.92. The Labute approximate surface area is 166 Å². The summed E-state index contributed by atoms with van der Waals surface area (Å²) in [6.07, 6.45) is 0.512. The smallest absolute Gasteiger partial charge is 0.338 e. The summed E-state index contributed by atoms with van der Waals surface area (Å²) in [5.74, 6) is -0.301. The molecule has 1 N–H and O–H groups in total. The molecular formula is C19H19ClN2O6. The number of benzene rings is 2. The molecule has 8 nitrogen and oxygen atoms in total. The Morgan fingerprint density at radius 2 is 1.89 bits per heavy atom. The Bertz CT molecular complexity index is 854. The number of halogens is 1. The van der Waals surface area contributed by atoms with Crippen molar-refractivity contribution in [3.63, 3.8) is 0 Å². The van der Waals surface area contributed by atoms with E-state index in [1.807, 2.05) is 0 Å². The number of carbonyl (C=O) groups is 2. The molecule has 0 unspecified atom stereocenters. The second kappa shape index (κ2) is 10.3. The van der Waals surface area contributed by atoms with Crippen LogP contribution in [0, 0.1) is 10.1 Å². The zero-order chi connectivity index (χ0) is 20.5. The van der Waals surface area contributed by atoms with E-state index in [1.165, 1.54) is 12.1 Å². The molecule has 0 saturated carbocycles. The summed E-state index contributed by atoms with van der Waals surface area (Å²) in [5, 5.41) is 13.6. The number of ether oxygens (including phenoxy) is 2. The standard InChI is InChI=1S/C19H19ClN2O6/c1-2-27-19(24)13-4-7-15(8-5-13)28-11-3-10-21-18(23)16-12-14(22(25)26)6-9-17(16)20/h4-9,12H,2-3,10-11H2,1H3,(H,21,23). The van der Waals surface area contributed by atoms with Crippen molar-refractivity contribution in [1.82, 2.24) is 5.32 Å². The predicted molar refractivity (Wildman–Crippen MR) is 103 cm³/mol. The number of hydrogen-bond acceptors (Lipinski definition) is 6. The summed E-state index contributed by atoms with van der Waals surface area (Å²) in [5.41, 5.74) is 0.283. The van der Waals surface area contributed by atoms with Gasteiger partial charge in [-0.25, -0.2) is 4.79 Å². The summed E-state index contributed by atoms with van der Waals surface area (Å²) < 4.78 is 10.4. The molecule has 0 atom stereocenters. The van der Waals surface area contributed by atoms with E-state index in [0.717, 1.165) is 6.07 Å². The average Bonchev–Trinajstić information content (AvgIpc) is 2.68. The van der Waals surface area contributed by atoms with Crippen LogP contribution in [0.25, 0.3) is 0 Å². The summed E-state index contributed by atoms with van der Waals surface area (Å²) in [6, 6.07) is 10.2. The summed E-state index contributed by atoms with van der Waals surface area (Å²) >= 11 is 5.93. The normalized spacial score (nSPS) is 10.2. The number of nitrogens with one attached hydrogen (secondary N) is 1. The van der Waals surface area contributed by atoms with Crippen LogP contribution in [0.2, 0.25) is 5.02 Å². The topological polar surface area (TPSA) is 108 Å². The highest BCUT2D eigenvalue weighted by Crippen LogP contribution is 2.22. The lowest BCUT2D eigenvalue weighted by Crippen LogP contribution is -2.26. The number of amides is 1.